The zero-order valence-electron chi connectivity index (χ0n) is 13.4. The predicted molar refractivity (Wildman–Crippen MR) is 103 cm³/mol. The molecule has 1 aromatic carbocycles. The van der Waals surface area contributed by atoms with Crippen molar-refractivity contribution in [2.45, 2.75) is 20.8 Å². The molecule has 0 saturated heterocycles. The number of halogens is 1. The summed E-state index contributed by atoms with van der Waals surface area (Å²) in [7, 11) is 0. The van der Waals surface area contributed by atoms with Crippen LogP contribution in [-0.2, 0) is 9.59 Å². The predicted octanol–water partition coefficient (Wildman–Crippen LogP) is 4.50. The number of nitrogens with zero attached hydrogens (tertiary/aromatic N) is 1. The van der Waals surface area contributed by atoms with Crippen LogP contribution in [0.2, 0.25) is 0 Å². The fourth-order valence-corrected chi connectivity index (χ4v) is 4.19. The van der Waals surface area contributed by atoms with Gasteiger partial charge in [0.15, 0.2) is 11.5 Å². The topological polar surface area (TPSA) is 65.0 Å². The van der Waals surface area contributed by atoms with Gasteiger partial charge in [0.05, 0.1) is 11.1 Å². The van der Waals surface area contributed by atoms with Gasteiger partial charge >= 0.3 is 5.97 Å². The fraction of sp³-hybridized carbons (Fsp3) is 0.312. The van der Waals surface area contributed by atoms with Gasteiger partial charge in [-0.15, -0.1) is 0 Å². The zero-order valence-corrected chi connectivity index (χ0v) is 16.6. The standard InChI is InChI=1S/C16H16BrNO4S2/c1-4-21-13-8-10(6-11(17)14(13)22-9(3)19)7-12-15(20)24-16(18-12)23-5-2/h6-8H,4-5H2,1-3H3. The Labute approximate surface area is 157 Å². The lowest BCUT2D eigenvalue weighted by atomic mass is 10.1. The minimum atomic E-state index is -0.434. The molecule has 1 aromatic rings. The maximum absolute atomic E-state index is 12.0. The van der Waals surface area contributed by atoms with Gasteiger partial charge in [0.1, 0.15) is 10.1 Å². The molecule has 24 heavy (non-hydrogen) atoms. The number of aliphatic imine (C=N–C) groups is 1. The average molecular weight is 430 g/mol. The number of carbonyl (C=O) groups excluding carboxylic acids is 2. The van der Waals surface area contributed by atoms with Crippen LogP contribution in [0.15, 0.2) is 27.3 Å². The van der Waals surface area contributed by atoms with Crippen molar-refractivity contribution in [3.05, 3.63) is 27.9 Å². The van der Waals surface area contributed by atoms with Gasteiger partial charge in [-0.1, -0.05) is 18.7 Å². The first kappa shape index (κ1) is 19.1. The monoisotopic (exact) mass is 429 g/mol. The summed E-state index contributed by atoms with van der Waals surface area (Å²) in [5, 5.41) is -0.0795. The highest BCUT2D eigenvalue weighted by atomic mass is 79.9. The van der Waals surface area contributed by atoms with Crippen molar-refractivity contribution >= 4 is 61.0 Å². The first-order valence-corrected chi connectivity index (χ1v) is 9.84. The molecule has 1 aliphatic heterocycles. The number of ether oxygens (including phenoxy) is 2. The van der Waals surface area contributed by atoms with Crippen molar-refractivity contribution in [3.8, 4) is 11.5 Å². The van der Waals surface area contributed by atoms with E-state index in [1.54, 1.807) is 30.0 Å². The molecule has 128 valence electrons. The first-order chi connectivity index (χ1) is 11.4. The summed E-state index contributed by atoms with van der Waals surface area (Å²) in [6.45, 7) is 5.60. The van der Waals surface area contributed by atoms with Crippen LogP contribution in [-0.4, -0.2) is 27.8 Å². The molecule has 8 heteroatoms. The summed E-state index contributed by atoms with van der Waals surface area (Å²) in [6.07, 6.45) is 1.70. The Balaban J connectivity index is 2.39. The Hall–Kier alpha value is -1.25. The quantitative estimate of drug-likeness (QED) is 0.390. The van der Waals surface area contributed by atoms with Crippen molar-refractivity contribution in [3.63, 3.8) is 0 Å². The van der Waals surface area contributed by atoms with Gasteiger partial charge in [-0.3, -0.25) is 9.59 Å². The largest absolute Gasteiger partial charge is 0.490 e. The molecule has 0 aromatic heterocycles. The summed E-state index contributed by atoms with van der Waals surface area (Å²) in [6, 6.07) is 3.48. The van der Waals surface area contributed by atoms with E-state index in [4.69, 9.17) is 9.47 Å². The fourth-order valence-electron chi connectivity index (χ4n) is 1.91. The van der Waals surface area contributed by atoms with Gasteiger partial charge in [0.25, 0.3) is 0 Å². The van der Waals surface area contributed by atoms with Crippen molar-refractivity contribution in [1.82, 2.24) is 0 Å². The third-order valence-corrected chi connectivity index (χ3v) is 5.23. The number of benzene rings is 1. The van der Waals surface area contributed by atoms with Gasteiger partial charge in [-0.25, -0.2) is 4.99 Å². The molecular formula is C16H16BrNO4S2. The van der Waals surface area contributed by atoms with E-state index in [-0.39, 0.29) is 5.12 Å². The number of esters is 1. The molecule has 0 aliphatic carbocycles. The van der Waals surface area contributed by atoms with Gasteiger partial charge < -0.3 is 9.47 Å². The van der Waals surface area contributed by atoms with E-state index in [2.05, 4.69) is 20.9 Å². The lowest BCUT2D eigenvalue weighted by Crippen LogP contribution is -2.05. The van der Waals surface area contributed by atoms with Gasteiger partial charge in [0, 0.05) is 6.92 Å². The number of carbonyl (C=O) groups is 2. The molecule has 0 atom stereocenters. The van der Waals surface area contributed by atoms with Crippen LogP contribution >= 0.6 is 39.5 Å². The number of hydrogen-bond acceptors (Lipinski definition) is 7. The molecule has 0 amide bonds. The minimum Gasteiger partial charge on any atom is -0.490 e. The SMILES string of the molecule is CCOc1cc(C=C2N=C(SCC)SC2=O)cc(Br)c1OC(C)=O. The molecule has 0 spiro atoms. The van der Waals surface area contributed by atoms with Gasteiger partial charge in [-0.05, 0) is 64.1 Å². The zero-order chi connectivity index (χ0) is 17.7. The third kappa shape index (κ3) is 4.87. The Bertz CT molecular complexity index is 731. The van der Waals surface area contributed by atoms with Crippen molar-refractivity contribution in [2.24, 2.45) is 4.99 Å². The highest BCUT2D eigenvalue weighted by Gasteiger charge is 2.22. The Morgan fingerprint density at radius 1 is 1.42 bits per heavy atom. The van der Waals surface area contributed by atoms with Gasteiger partial charge in [0.2, 0.25) is 5.12 Å². The van der Waals surface area contributed by atoms with Gasteiger partial charge in [-0.2, -0.15) is 0 Å². The van der Waals surface area contributed by atoms with E-state index in [0.29, 0.717) is 28.3 Å². The summed E-state index contributed by atoms with van der Waals surface area (Å²) in [5.74, 6) is 1.18. The van der Waals surface area contributed by atoms with Crippen LogP contribution in [0.25, 0.3) is 6.08 Å². The molecule has 0 radical (unpaired) electrons. The molecule has 0 saturated carbocycles. The Kier molecular flexibility index (Phi) is 6.94. The van der Waals surface area contributed by atoms with Crippen molar-refractivity contribution in [2.75, 3.05) is 12.4 Å². The Morgan fingerprint density at radius 3 is 2.79 bits per heavy atom. The maximum atomic E-state index is 12.0. The molecule has 0 fully saturated rings. The lowest BCUT2D eigenvalue weighted by molar-refractivity contribution is -0.132. The summed E-state index contributed by atoms with van der Waals surface area (Å²) in [4.78, 5) is 27.6. The highest BCUT2D eigenvalue weighted by molar-refractivity contribution is 9.10. The molecule has 0 bridgehead atoms. The summed E-state index contributed by atoms with van der Waals surface area (Å²) in [5.41, 5.74) is 1.13. The number of hydrogen-bond donors (Lipinski definition) is 0. The van der Waals surface area contributed by atoms with Crippen LogP contribution in [0.1, 0.15) is 26.3 Å². The van der Waals surface area contributed by atoms with Crippen molar-refractivity contribution < 1.29 is 19.1 Å². The lowest BCUT2D eigenvalue weighted by Gasteiger charge is -2.12. The second kappa shape index (κ2) is 8.73. The molecule has 1 heterocycles. The summed E-state index contributed by atoms with van der Waals surface area (Å²) < 4.78 is 12.1. The number of thioether (sulfide) groups is 2. The molecule has 2 rings (SSSR count). The molecule has 0 unspecified atom stereocenters. The van der Waals surface area contributed by atoms with Crippen LogP contribution in [0.3, 0.4) is 0 Å². The van der Waals surface area contributed by atoms with E-state index in [9.17, 15) is 9.59 Å². The van der Waals surface area contributed by atoms with Crippen LogP contribution in [0.5, 0.6) is 11.5 Å². The van der Waals surface area contributed by atoms with E-state index < -0.39 is 5.97 Å². The third-order valence-electron chi connectivity index (χ3n) is 2.75. The second-order valence-corrected chi connectivity index (χ2v) is 7.91. The average Bonchev–Trinajstić information content (AvgIpc) is 2.83. The van der Waals surface area contributed by atoms with Crippen LogP contribution in [0, 0.1) is 0 Å². The smallest absolute Gasteiger partial charge is 0.308 e. The highest BCUT2D eigenvalue weighted by Crippen LogP contribution is 2.38. The Morgan fingerprint density at radius 2 is 2.17 bits per heavy atom. The van der Waals surface area contributed by atoms with E-state index in [1.807, 2.05) is 13.8 Å². The minimum absolute atomic E-state index is 0.0795. The van der Waals surface area contributed by atoms with E-state index in [0.717, 1.165) is 27.5 Å². The van der Waals surface area contributed by atoms with E-state index >= 15 is 0 Å². The van der Waals surface area contributed by atoms with Crippen molar-refractivity contribution in [1.29, 1.82) is 0 Å². The molecular weight excluding hydrogens is 414 g/mol. The summed E-state index contributed by atoms with van der Waals surface area (Å²) >= 11 is 6.06. The second-order valence-electron chi connectivity index (χ2n) is 4.59. The first-order valence-electron chi connectivity index (χ1n) is 7.24. The molecule has 0 N–H and O–H groups in total. The van der Waals surface area contributed by atoms with Crippen LogP contribution < -0.4 is 9.47 Å². The van der Waals surface area contributed by atoms with Crippen LogP contribution in [0.4, 0.5) is 0 Å². The maximum Gasteiger partial charge on any atom is 0.308 e. The molecule has 1 aliphatic rings. The van der Waals surface area contributed by atoms with E-state index in [1.165, 1.54) is 6.92 Å². The number of rotatable bonds is 5. The normalized spacial score (nSPS) is 15.6. The molecule has 5 nitrogen and oxygen atoms in total.